The van der Waals surface area contributed by atoms with Gasteiger partial charge in [-0.25, -0.2) is 14.2 Å². The number of thiazole rings is 1. The standard InChI is InChI=1S/C45H72FN7O8S/c1-9-11-12-14-21-53(42(57)38(29(5)10-2)51-40(56)35-16-13-15-20-52(35)8)36(28(3)4)25-37(61-44(60)48-19-22-54)41-50-34(27-62-41)39(55)49-31(26-45(6,7)43(58)59)23-30-17-18-33(47)32(46)24-30/h17-18,24,27-29,31,35-38,54H,9-16,19-23,25-26,47H2,1-8H3,(H,48,60)(H,49,55)(H,51,56)(H,58,59)/t29-,31-,35+,36+,37+,38-/m0/s1. The number of unbranched alkanes of at least 4 members (excludes halogenated alkanes) is 3. The number of carbonyl (C=O) groups is 5. The molecule has 0 spiro atoms. The molecule has 7 N–H and O–H groups in total. The van der Waals surface area contributed by atoms with E-state index in [4.69, 9.17) is 10.5 Å². The van der Waals surface area contributed by atoms with E-state index >= 15 is 0 Å². The number of hydrogen-bond donors (Lipinski definition) is 6. The smallest absolute Gasteiger partial charge is 0.407 e. The number of hydrogen-bond acceptors (Lipinski definition) is 11. The molecule has 4 amide bonds. The summed E-state index contributed by atoms with van der Waals surface area (Å²) in [5, 5.41) is 29.7. The number of amides is 4. The van der Waals surface area contributed by atoms with Crippen molar-refractivity contribution in [1.29, 1.82) is 0 Å². The topological polar surface area (TPSA) is 217 Å². The van der Waals surface area contributed by atoms with Crippen LogP contribution in [0.25, 0.3) is 0 Å². The molecular formula is C45H72FN7O8S. The van der Waals surface area contributed by atoms with Crippen molar-refractivity contribution in [3.63, 3.8) is 0 Å². The van der Waals surface area contributed by atoms with Crippen LogP contribution in [0.5, 0.6) is 0 Å². The van der Waals surface area contributed by atoms with Crippen molar-refractivity contribution in [2.45, 2.75) is 149 Å². The van der Waals surface area contributed by atoms with Gasteiger partial charge in [-0.3, -0.25) is 24.1 Å². The molecule has 3 rings (SSSR count). The Kier molecular flexibility index (Phi) is 21.0. The summed E-state index contributed by atoms with van der Waals surface area (Å²) in [5.41, 5.74) is 4.90. The zero-order valence-electron chi connectivity index (χ0n) is 38.0. The van der Waals surface area contributed by atoms with Gasteiger partial charge in [-0.15, -0.1) is 11.3 Å². The van der Waals surface area contributed by atoms with Crippen LogP contribution in [0.3, 0.4) is 0 Å². The number of likely N-dealkylation sites (N-methyl/N-ethyl adjacent to an activating group) is 1. The zero-order chi connectivity index (χ0) is 46.1. The van der Waals surface area contributed by atoms with Crippen molar-refractivity contribution in [2.75, 3.05) is 39.0 Å². The van der Waals surface area contributed by atoms with Gasteiger partial charge in [-0.1, -0.05) is 72.8 Å². The molecule has 0 unspecified atom stereocenters. The summed E-state index contributed by atoms with van der Waals surface area (Å²) in [4.78, 5) is 76.4. The summed E-state index contributed by atoms with van der Waals surface area (Å²) >= 11 is 1.09. The number of alkyl carbamates (subject to hydrolysis) is 1. The van der Waals surface area contributed by atoms with E-state index in [-0.39, 0.29) is 78.5 Å². The Morgan fingerprint density at radius 2 is 1.82 bits per heavy atom. The van der Waals surface area contributed by atoms with Crippen molar-refractivity contribution in [3.8, 4) is 0 Å². The van der Waals surface area contributed by atoms with Gasteiger partial charge in [0.2, 0.25) is 11.8 Å². The molecule has 0 saturated carbocycles. The minimum absolute atomic E-state index is 0.00296. The minimum Gasteiger partial charge on any atom is -0.481 e. The second-order valence-corrected chi connectivity index (χ2v) is 18.6. The third-order valence-corrected chi connectivity index (χ3v) is 12.8. The number of benzene rings is 1. The van der Waals surface area contributed by atoms with Gasteiger partial charge in [0.1, 0.15) is 22.6 Å². The van der Waals surface area contributed by atoms with Crippen molar-refractivity contribution in [3.05, 3.63) is 45.7 Å². The molecule has 0 bridgehead atoms. The lowest BCUT2D eigenvalue weighted by Crippen LogP contribution is -2.59. The molecule has 1 saturated heterocycles. The number of ether oxygens (including phenoxy) is 1. The predicted molar refractivity (Wildman–Crippen MR) is 239 cm³/mol. The van der Waals surface area contributed by atoms with Gasteiger partial charge in [-0.2, -0.15) is 0 Å². The van der Waals surface area contributed by atoms with E-state index in [2.05, 4.69) is 27.9 Å². The maximum atomic E-state index is 15.0. The summed E-state index contributed by atoms with van der Waals surface area (Å²) in [6, 6.07) is 1.93. The average molecular weight is 890 g/mol. The Hall–Kier alpha value is -4.35. The quantitative estimate of drug-likeness (QED) is 0.0480. The van der Waals surface area contributed by atoms with Crippen LogP contribution in [0.2, 0.25) is 0 Å². The molecule has 62 heavy (non-hydrogen) atoms. The fourth-order valence-corrected chi connectivity index (χ4v) is 8.67. The van der Waals surface area contributed by atoms with E-state index in [1.54, 1.807) is 19.9 Å². The number of rotatable bonds is 25. The third-order valence-electron chi connectivity index (χ3n) is 11.9. The Bertz CT molecular complexity index is 1780. The van der Waals surface area contributed by atoms with Crippen LogP contribution in [0.15, 0.2) is 23.6 Å². The Morgan fingerprint density at radius 3 is 2.44 bits per heavy atom. The Morgan fingerprint density at radius 1 is 1.10 bits per heavy atom. The fraction of sp³-hybridized carbons (Fsp3) is 0.689. The first kappa shape index (κ1) is 52.0. The molecule has 1 fully saturated rings. The number of nitrogens with two attached hydrogens (primary N) is 1. The van der Waals surface area contributed by atoms with Crippen LogP contribution in [0.1, 0.15) is 140 Å². The minimum atomic E-state index is -1.24. The van der Waals surface area contributed by atoms with Crippen molar-refractivity contribution in [2.24, 2.45) is 17.3 Å². The summed E-state index contributed by atoms with van der Waals surface area (Å²) < 4.78 is 20.4. The van der Waals surface area contributed by atoms with E-state index in [0.29, 0.717) is 24.9 Å². The van der Waals surface area contributed by atoms with Crippen LogP contribution in [-0.4, -0.2) is 112 Å². The highest BCUT2D eigenvalue weighted by Crippen LogP contribution is 2.33. The number of carboxylic acids is 1. The van der Waals surface area contributed by atoms with Gasteiger partial charge >= 0.3 is 12.1 Å². The summed E-state index contributed by atoms with van der Waals surface area (Å²) in [5.74, 6) is -3.00. The molecule has 1 aromatic carbocycles. The molecule has 1 aliphatic rings. The highest BCUT2D eigenvalue weighted by Gasteiger charge is 2.39. The van der Waals surface area contributed by atoms with Gasteiger partial charge in [0, 0.05) is 37.0 Å². The number of halogens is 1. The number of aromatic nitrogens is 1. The molecule has 0 radical (unpaired) electrons. The summed E-state index contributed by atoms with van der Waals surface area (Å²) in [6.07, 6.45) is 5.31. The van der Waals surface area contributed by atoms with Crippen LogP contribution >= 0.6 is 11.3 Å². The molecule has 348 valence electrons. The van der Waals surface area contributed by atoms with Gasteiger partial charge in [0.25, 0.3) is 5.91 Å². The van der Waals surface area contributed by atoms with E-state index in [0.717, 1.165) is 56.4 Å². The summed E-state index contributed by atoms with van der Waals surface area (Å²) in [7, 11) is 1.94. The van der Waals surface area contributed by atoms with E-state index in [9.17, 15) is 38.6 Å². The van der Waals surface area contributed by atoms with Crippen LogP contribution < -0.4 is 21.7 Å². The number of carboxylic acid groups (broad SMARTS) is 1. The number of carbonyl (C=O) groups excluding carboxylic acids is 4. The van der Waals surface area contributed by atoms with Crippen LogP contribution in [0, 0.1) is 23.1 Å². The number of likely N-dealkylation sites (tertiary alicyclic amines) is 1. The first-order chi connectivity index (χ1) is 29.3. The fourth-order valence-electron chi connectivity index (χ4n) is 7.83. The zero-order valence-corrected chi connectivity index (χ0v) is 38.8. The maximum Gasteiger partial charge on any atom is 0.407 e. The van der Waals surface area contributed by atoms with E-state index < -0.39 is 53.4 Å². The lowest BCUT2D eigenvalue weighted by Gasteiger charge is -2.40. The largest absolute Gasteiger partial charge is 0.481 e. The second-order valence-electron chi connectivity index (χ2n) is 17.7. The number of aliphatic hydroxyl groups is 1. The first-order valence-electron chi connectivity index (χ1n) is 22.2. The van der Waals surface area contributed by atoms with Gasteiger partial charge in [0.15, 0.2) is 6.10 Å². The predicted octanol–water partition coefficient (Wildman–Crippen LogP) is 6.30. The molecule has 1 aromatic heterocycles. The van der Waals surface area contributed by atoms with Gasteiger partial charge < -0.3 is 41.5 Å². The molecule has 17 heteroatoms. The summed E-state index contributed by atoms with van der Waals surface area (Å²) in [6.45, 7) is 14.0. The lowest BCUT2D eigenvalue weighted by molar-refractivity contribution is -0.147. The molecule has 6 atom stereocenters. The van der Waals surface area contributed by atoms with Crippen molar-refractivity contribution >= 4 is 46.8 Å². The number of aliphatic carboxylic acids is 1. The third kappa shape index (κ3) is 15.5. The molecule has 2 heterocycles. The molecule has 15 nitrogen and oxygen atoms in total. The SMILES string of the molecule is CCCCCCN(C(=O)[C@@H](NC(=O)[C@H]1CCCCN1C)[C@@H](C)CC)[C@H](C[C@@H](OC(=O)NCCO)c1nc(C(=O)N[C@@H](Cc2ccc(N)c(F)c2)CC(C)(C)C(=O)O)cs1)C(C)C. The number of anilines is 1. The highest BCUT2D eigenvalue weighted by molar-refractivity contribution is 7.09. The normalized spacial score (nSPS) is 17.0. The van der Waals surface area contributed by atoms with Gasteiger partial charge in [0.05, 0.1) is 23.8 Å². The maximum absolute atomic E-state index is 15.0. The lowest BCUT2D eigenvalue weighted by atomic mass is 9.84. The Labute approximate surface area is 371 Å². The molecular weight excluding hydrogens is 818 g/mol. The first-order valence-corrected chi connectivity index (χ1v) is 23.1. The van der Waals surface area contributed by atoms with Crippen molar-refractivity contribution in [1.82, 2.24) is 30.7 Å². The van der Waals surface area contributed by atoms with E-state index in [1.165, 1.54) is 17.5 Å². The molecule has 0 aliphatic carbocycles. The van der Waals surface area contributed by atoms with E-state index in [1.807, 2.05) is 44.5 Å². The monoisotopic (exact) mass is 890 g/mol. The number of nitrogen functional groups attached to an aromatic ring is 1. The van der Waals surface area contributed by atoms with Crippen LogP contribution in [-0.2, 0) is 25.5 Å². The number of nitrogens with zero attached hydrogens (tertiary/aromatic N) is 3. The Balaban J connectivity index is 2.01. The number of nitrogens with one attached hydrogen (secondary N) is 3. The highest BCUT2D eigenvalue weighted by atomic mass is 32.1. The second kappa shape index (κ2) is 25.1. The molecule has 2 aromatic rings. The van der Waals surface area contributed by atoms with Gasteiger partial charge in [-0.05, 0) is 89.1 Å². The molecule has 1 aliphatic heterocycles. The van der Waals surface area contributed by atoms with Crippen molar-refractivity contribution < 1.29 is 43.3 Å². The number of piperidine rings is 1. The average Bonchev–Trinajstić information content (AvgIpc) is 3.72. The number of aliphatic hydroxyl groups excluding tert-OH is 1. The van der Waals surface area contributed by atoms with Crippen LogP contribution in [0.4, 0.5) is 14.9 Å².